The molecule has 0 radical (unpaired) electrons. The van der Waals surface area contributed by atoms with E-state index in [1.165, 1.54) is 6.20 Å². The zero-order valence-electron chi connectivity index (χ0n) is 11.3. The molecule has 0 bridgehead atoms. The van der Waals surface area contributed by atoms with Crippen molar-refractivity contribution >= 4 is 29.2 Å². The van der Waals surface area contributed by atoms with E-state index in [9.17, 15) is 9.59 Å². The SMILES string of the molecule is Cc1cncc(C(=O)N(CC(=O)O)c2cccc(Cl)c2)c1. The summed E-state index contributed by atoms with van der Waals surface area (Å²) in [6, 6.07) is 8.16. The molecule has 0 unspecified atom stereocenters. The Labute approximate surface area is 126 Å². The molecule has 1 amide bonds. The minimum atomic E-state index is -1.11. The highest BCUT2D eigenvalue weighted by atomic mass is 35.5. The smallest absolute Gasteiger partial charge is 0.323 e. The first kappa shape index (κ1) is 15.0. The van der Waals surface area contributed by atoms with Gasteiger partial charge in [0, 0.05) is 23.1 Å². The van der Waals surface area contributed by atoms with Crippen LogP contribution in [0.4, 0.5) is 5.69 Å². The fraction of sp³-hybridized carbons (Fsp3) is 0.133. The summed E-state index contributed by atoms with van der Waals surface area (Å²) in [5, 5.41) is 9.45. The average Bonchev–Trinajstić information content (AvgIpc) is 2.44. The summed E-state index contributed by atoms with van der Waals surface area (Å²) in [5.41, 5.74) is 1.58. The predicted molar refractivity (Wildman–Crippen MR) is 79.7 cm³/mol. The van der Waals surface area contributed by atoms with Gasteiger partial charge in [0.15, 0.2) is 0 Å². The van der Waals surface area contributed by atoms with Gasteiger partial charge in [0.05, 0.1) is 5.56 Å². The lowest BCUT2D eigenvalue weighted by Gasteiger charge is -2.21. The summed E-state index contributed by atoms with van der Waals surface area (Å²) in [6.07, 6.45) is 3.03. The third-order valence-corrected chi connectivity index (χ3v) is 3.02. The molecular weight excluding hydrogens is 292 g/mol. The Hall–Kier alpha value is -2.40. The van der Waals surface area contributed by atoms with Crippen molar-refractivity contribution < 1.29 is 14.7 Å². The van der Waals surface area contributed by atoms with Gasteiger partial charge >= 0.3 is 5.97 Å². The van der Waals surface area contributed by atoms with Crippen molar-refractivity contribution in [2.75, 3.05) is 11.4 Å². The number of nitrogens with zero attached hydrogens (tertiary/aromatic N) is 2. The maximum atomic E-state index is 12.5. The first-order valence-corrected chi connectivity index (χ1v) is 6.56. The van der Waals surface area contributed by atoms with Gasteiger partial charge in [-0.05, 0) is 36.8 Å². The second kappa shape index (κ2) is 6.37. The van der Waals surface area contributed by atoms with Crippen LogP contribution in [-0.2, 0) is 4.79 Å². The van der Waals surface area contributed by atoms with Crippen LogP contribution in [0, 0.1) is 6.92 Å². The van der Waals surface area contributed by atoms with Crippen LogP contribution in [0.1, 0.15) is 15.9 Å². The summed E-state index contributed by atoms with van der Waals surface area (Å²) < 4.78 is 0. The first-order valence-electron chi connectivity index (χ1n) is 6.18. The number of carboxylic acids is 1. The molecule has 2 rings (SSSR count). The Bertz CT molecular complexity index is 688. The molecule has 2 aromatic rings. The summed E-state index contributed by atoms with van der Waals surface area (Å²) in [7, 11) is 0. The van der Waals surface area contributed by atoms with Crippen molar-refractivity contribution in [1.82, 2.24) is 4.98 Å². The fourth-order valence-corrected chi connectivity index (χ4v) is 2.07. The van der Waals surface area contributed by atoms with E-state index in [0.717, 1.165) is 10.5 Å². The number of anilines is 1. The van der Waals surface area contributed by atoms with Gasteiger partial charge < -0.3 is 5.11 Å². The Balaban J connectivity index is 2.40. The van der Waals surface area contributed by atoms with Gasteiger partial charge in [0.25, 0.3) is 5.91 Å². The third-order valence-electron chi connectivity index (χ3n) is 2.78. The van der Waals surface area contributed by atoms with Crippen LogP contribution in [0.3, 0.4) is 0 Å². The Morgan fingerprint density at radius 2 is 2.05 bits per heavy atom. The van der Waals surface area contributed by atoms with E-state index in [0.29, 0.717) is 16.3 Å². The van der Waals surface area contributed by atoms with Gasteiger partial charge in [-0.2, -0.15) is 0 Å². The van der Waals surface area contributed by atoms with E-state index >= 15 is 0 Å². The van der Waals surface area contributed by atoms with Crippen LogP contribution in [0.5, 0.6) is 0 Å². The molecule has 0 aliphatic rings. The molecule has 21 heavy (non-hydrogen) atoms. The van der Waals surface area contributed by atoms with Gasteiger partial charge in [-0.15, -0.1) is 0 Å². The number of carbonyl (C=O) groups is 2. The molecule has 108 valence electrons. The van der Waals surface area contributed by atoms with E-state index in [4.69, 9.17) is 16.7 Å². The second-order valence-corrected chi connectivity index (χ2v) is 4.95. The molecule has 0 atom stereocenters. The minimum Gasteiger partial charge on any atom is -0.480 e. The fourth-order valence-electron chi connectivity index (χ4n) is 1.89. The van der Waals surface area contributed by atoms with Crippen molar-refractivity contribution in [3.8, 4) is 0 Å². The Morgan fingerprint density at radius 3 is 2.67 bits per heavy atom. The molecule has 1 N–H and O–H groups in total. The van der Waals surface area contributed by atoms with Crippen molar-refractivity contribution in [3.05, 3.63) is 58.9 Å². The van der Waals surface area contributed by atoms with Crippen molar-refractivity contribution in [1.29, 1.82) is 0 Å². The third kappa shape index (κ3) is 3.79. The van der Waals surface area contributed by atoms with Gasteiger partial charge in [-0.1, -0.05) is 17.7 Å². The van der Waals surface area contributed by atoms with E-state index in [1.54, 1.807) is 36.5 Å². The quantitative estimate of drug-likeness (QED) is 0.943. The molecule has 0 saturated carbocycles. The number of aliphatic carboxylic acids is 1. The average molecular weight is 305 g/mol. The zero-order chi connectivity index (χ0) is 15.4. The number of halogens is 1. The second-order valence-electron chi connectivity index (χ2n) is 4.52. The minimum absolute atomic E-state index is 0.330. The molecule has 0 aliphatic carbocycles. The van der Waals surface area contributed by atoms with E-state index in [2.05, 4.69) is 4.98 Å². The van der Waals surface area contributed by atoms with E-state index in [1.807, 2.05) is 6.92 Å². The highest BCUT2D eigenvalue weighted by Crippen LogP contribution is 2.21. The maximum Gasteiger partial charge on any atom is 0.323 e. The van der Waals surface area contributed by atoms with Gasteiger partial charge in [0.2, 0.25) is 0 Å². The maximum absolute atomic E-state index is 12.5. The lowest BCUT2D eigenvalue weighted by molar-refractivity contribution is -0.135. The molecule has 0 aliphatic heterocycles. The highest BCUT2D eigenvalue weighted by molar-refractivity contribution is 6.31. The van der Waals surface area contributed by atoms with Crippen LogP contribution in [0.25, 0.3) is 0 Å². The normalized spacial score (nSPS) is 10.2. The number of carboxylic acid groups (broad SMARTS) is 1. The zero-order valence-corrected chi connectivity index (χ0v) is 12.0. The monoisotopic (exact) mass is 304 g/mol. The number of hydrogen-bond donors (Lipinski definition) is 1. The van der Waals surface area contributed by atoms with E-state index < -0.39 is 18.4 Å². The van der Waals surface area contributed by atoms with Gasteiger partial charge in [-0.25, -0.2) is 0 Å². The molecule has 0 spiro atoms. The number of hydrogen-bond acceptors (Lipinski definition) is 3. The van der Waals surface area contributed by atoms with Crippen LogP contribution in [-0.4, -0.2) is 28.5 Å². The number of amides is 1. The number of aryl methyl sites for hydroxylation is 1. The Morgan fingerprint density at radius 1 is 1.29 bits per heavy atom. The molecule has 1 heterocycles. The largest absolute Gasteiger partial charge is 0.480 e. The molecule has 5 nitrogen and oxygen atoms in total. The summed E-state index contributed by atoms with van der Waals surface area (Å²) in [6.45, 7) is 1.36. The first-order chi connectivity index (χ1) is 9.97. The molecule has 0 fully saturated rings. The Kier molecular flexibility index (Phi) is 4.55. The molecule has 1 aromatic heterocycles. The van der Waals surface area contributed by atoms with Crippen LogP contribution < -0.4 is 4.90 Å². The van der Waals surface area contributed by atoms with E-state index in [-0.39, 0.29) is 0 Å². The van der Waals surface area contributed by atoms with Gasteiger partial charge in [0.1, 0.15) is 6.54 Å². The topological polar surface area (TPSA) is 70.5 Å². The molecule has 6 heteroatoms. The number of rotatable bonds is 4. The molecule has 0 saturated heterocycles. The van der Waals surface area contributed by atoms with Crippen molar-refractivity contribution in [2.45, 2.75) is 6.92 Å². The standard InChI is InChI=1S/C15H13ClN2O3/c1-10-5-11(8-17-7-10)15(21)18(9-14(19)20)13-4-2-3-12(16)6-13/h2-8H,9H2,1H3,(H,19,20). The number of pyridine rings is 1. The van der Waals surface area contributed by atoms with Gasteiger partial charge in [-0.3, -0.25) is 19.5 Å². The molecule has 1 aromatic carbocycles. The summed E-state index contributed by atoms with van der Waals surface area (Å²) in [4.78, 5) is 28.7. The number of carbonyl (C=O) groups excluding carboxylic acids is 1. The summed E-state index contributed by atoms with van der Waals surface area (Å²) in [5.74, 6) is -1.54. The predicted octanol–water partition coefficient (Wildman–Crippen LogP) is 2.77. The number of aromatic nitrogens is 1. The van der Waals surface area contributed by atoms with Crippen molar-refractivity contribution in [2.24, 2.45) is 0 Å². The van der Waals surface area contributed by atoms with Crippen molar-refractivity contribution in [3.63, 3.8) is 0 Å². The highest BCUT2D eigenvalue weighted by Gasteiger charge is 2.21. The lowest BCUT2D eigenvalue weighted by atomic mass is 10.2. The lowest BCUT2D eigenvalue weighted by Crippen LogP contribution is -2.35. The van der Waals surface area contributed by atoms with Crippen LogP contribution in [0.2, 0.25) is 5.02 Å². The molecular formula is C15H13ClN2O3. The van der Waals surface area contributed by atoms with Crippen LogP contribution in [0.15, 0.2) is 42.7 Å². The summed E-state index contributed by atoms with van der Waals surface area (Å²) >= 11 is 5.90. The number of benzene rings is 1. The van der Waals surface area contributed by atoms with Crippen LogP contribution >= 0.6 is 11.6 Å².